The van der Waals surface area contributed by atoms with E-state index in [0.29, 0.717) is 25.3 Å². The van der Waals surface area contributed by atoms with Crippen molar-refractivity contribution in [2.45, 2.75) is 38.4 Å². The van der Waals surface area contributed by atoms with E-state index in [0.717, 1.165) is 22.2 Å². The number of aryl methyl sites for hydroxylation is 1. The third-order valence-corrected chi connectivity index (χ3v) is 4.71. The average Bonchev–Trinajstić information content (AvgIpc) is 3.10. The number of H-pyrrole nitrogens is 1. The molecular weight excluding hydrogens is 368 g/mol. The number of carbonyl (C=O) groups excluding carboxylic acids is 2. The van der Waals surface area contributed by atoms with Gasteiger partial charge in [-0.25, -0.2) is 4.98 Å². The fourth-order valence-corrected chi connectivity index (χ4v) is 3.01. The lowest BCUT2D eigenvalue weighted by Crippen LogP contribution is -2.50. The van der Waals surface area contributed by atoms with Crippen molar-refractivity contribution < 1.29 is 9.59 Å². The molecule has 152 valence electrons. The van der Waals surface area contributed by atoms with Crippen molar-refractivity contribution >= 4 is 28.8 Å². The molecule has 1 heterocycles. The number of anilines is 1. The lowest BCUT2D eigenvalue weighted by Gasteiger charge is -2.17. The van der Waals surface area contributed by atoms with E-state index in [4.69, 9.17) is 11.5 Å². The normalized spacial score (nSPS) is 13.0. The molecule has 0 aliphatic rings. The molecule has 0 bridgehead atoms. The van der Waals surface area contributed by atoms with E-state index in [9.17, 15) is 9.59 Å². The Morgan fingerprint density at radius 3 is 2.62 bits per heavy atom. The van der Waals surface area contributed by atoms with Crippen LogP contribution in [0, 0.1) is 0 Å². The minimum atomic E-state index is -0.684. The van der Waals surface area contributed by atoms with Crippen LogP contribution < -0.4 is 22.1 Å². The molecule has 3 rings (SSSR count). The minimum absolute atomic E-state index is 0.280. The Hall–Kier alpha value is -3.39. The zero-order chi connectivity index (χ0) is 20.8. The van der Waals surface area contributed by atoms with E-state index in [1.54, 1.807) is 6.92 Å². The number of nitrogen functional groups attached to an aromatic ring is 1. The number of imidazole rings is 1. The molecule has 0 radical (unpaired) electrons. The van der Waals surface area contributed by atoms with Gasteiger partial charge < -0.3 is 27.1 Å². The van der Waals surface area contributed by atoms with Gasteiger partial charge in [0.1, 0.15) is 6.04 Å². The smallest absolute Gasteiger partial charge is 0.242 e. The fraction of sp³-hybridized carbons (Fsp3) is 0.286. The molecule has 2 unspecified atom stereocenters. The molecule has 0 aliphatic heterocycles. The van der Waals surface area contributed by atoms with Crippen LogP contribution in [0.5, 0.6) is 0 Å². The zero-order valence-electron chi connectivity index (χ0n) is 16.3. The summed E-state index contributed by atoms with van der Waals surface area (Å²) in [6.07, 6.45) is 1.22. The number of amides is 2. The zero-order valence-corrected chi connectivity index (χ0v) is 16.3. The first-order chi connectivity index (χ1) is 13.9. The van der Waals surface area contributed by atoms with Crippen LogP contribution in [0.25, 0.3) is 11.0 Å². The maximum Gasteiger partial charge on any atom is 0.242 e. The van der Waals surface area contributed by atoms with Crippen LogP contribution in [0.15, 0.2) is 48.5 Å². The molecule has 29 heavy (non-hydrogen) atoms. The monoisotopic (exact) mass is 394 g/mol. The molecule has 0 saturated heterocycles. The van der Waals surface area contributed by atoms with Gasteiger partial charge >= 0.3 is 0 Å². The number of fused-ring (bicyclic) bond motifs is 1. The first-order valence-corrected chi connectivity index (χ1v) is 9.54. The van der Waals surface area contributed by atoms with Gasteiger partial charge in [0.25, 0.3) is 0 Å². The largest absolute Gasteiger partial charge is 0.369 e. The summed E-state index contributed by atoms with van der Waals surface area (Å²) >= 11 is 0. The third kappa shape index (κ3) is 5.55. The molecule has 8 heteroatoms. The van der Waals surface area contributed by atoms with Gasteiger partial charge in [0.05, 0.1) is 17.1 Å². The predicted octanol–water partition coefficient (Wildman–Crippen LogP) is 1.23. The highest BCUT2D eigenvalue weighted by molar-refractivity contribution is 5.89. The molecule has 2 aromatic carbocycles. The van der Waals surface area contributed by atoms with Crippen molar-refractivity contribution in [2.75, 3.05) is 5.73 Å². The lowest BCUT2D eigenvalue weighted by atomic mass is 10.1. The predicted molar refractivity (Wildman–Crippen MR) is 113 cm³/mol. The minimum Gasteiger partial charge on any atom is -0.369 e. The molecular formula is C21H26N6O2. The Morgan fingerprint density at radius 2 is 1.86 bits per heavy atom. The molecule has 2 atom stereocenters. The summed E-state index contributed by atoms with van der Waals surface area (Å²) in [7, 11) is 0. The second-order valence-electron chi connectivity index (χ2n) is 7.05. The van der Waals surface area contributed by atoms with Gasteiger partial charge in [0.2, 0.25) is 11.8 Å². The molecule has 0 fully saturated rings. The third-order valence-electron chi connectivity index (χ3n) is 4.71. The summed E-state index contributed by atoms with van der Waals surface area (Å²) in [4.78, 5) is 31.7. The summed E-state index contributed by atoms with van der Waals surface area (Å²) in [5, 5.41) is 5.49. The van der Waals surface area contributed by atoms with Crippen molar-refractivity contribution in [3.63, 3.8) is 0 Å². The molecule has 7 N–H and O–H groups in total. The topological polar surface area (TPSA) is 139 Å². The summed E-state index contributed by atoms with van der Waals surface area (Å²) in [6, 6.07) is 14.1. The van der Waals surface area contributed by atoms with Crippen LogP contribution in [0.1, 0.15) is 24.5 Å². The number of benzene rings is 2. The van der Waals surface area contributed by atoms with E-state index >= 15 is 0 Å². The van der Waals surface area contributed by atoms with Crippen molar-refractivity contribution in [2.24, 2.45) is 5.73 Å². The summed E-state index contributed by atoms with van der Waals surface area (Å²) in [5.74, 6) is -0.267. The Bertz CT molecular complexity index is 985. The Kier molecular flexibility index (Phi) is 6.46. The van der Waals surface area contributed by atoms with E-state index in [2.05, 4.69) is 20.6 Å². The fourth-order valence-electron chi connectivity index (χ4n) is 3.01. The number of hydrogen-bond donors (Lipinski definition) is 5. The number of carbonyl (C=O) groups is 2. The molecule has 0 aliphatic carbocycles. The first kappa shape index (κ1) is 20.3. The van der Waals surface area contributed by atoms with Crippen molar-refractivity contribution in [1.82, 2.24) is 20.6 Å². The van der Waals surface area contributed by atoms with Crippen LogP contribution in [-0.4, -0.2) is 33.9 Å². The van der Waals surface area contributed by atoms with E-state index in [1.165, 1.54) is 0 Å². The first-order valence-electron chi connectivity index (χ1n) is 9.54. The lowest BCUT2D eigenvalue weighted by molar-refractivity contribution is -0.129. The van der Waals surface area contributed by atoms with Gasteiger partial charge in [-0.3, -0.25) is 9.59 Å². The summed E-state index contributed by atoms with van der Waals surface area (Å²) in [5.41, 5.74) is 15.2. The number of nitrogens with one attached hydrogen (secondary N) is 3. The highest BCUT2D eigenvalue weighted by Crippen LogP contribution is 2.14. The van der Waals surface area contributed by atoms with E-state index in [-0.39, 0.29) is 11.8 Å². The van der Waals surface area contributed by atoms with Gasteiger partial charge in [-0.05, 0) is 43.0 Å². The standard InChI is InChI=1S/C21H26N6O2/c1-13(25-20(29)16(22)9-7-14-5-3-2-4-6-14)19(28)24-12-15-8-10-17-18(11-15)27-21(23)26-17/h2-6,8,10-11,13,16H,7,9,12,22H2,1H3,(H,24,28)(H,25,29)(H3,23,26,27). The highest BCUT2D eigenvalue weighted by atomic mass is 16.2. The molecule has 3 aromatic rings. The number of aromatic nitrogens is 2. The highest BCUT2D eigenvalue weighted by Gasteiger charge is 2.19. The summed E-state index contributed by atoms with van der Waals surface area (Å²) in [6.45, 7) is 1.96. The molecule has 8 nitrogen and oxygen atoms in total. The average molecular weight is 394 g/mol. The number of rotatable bonds is 8. The second kappa shape index (κ2) is 9.20. The van der Waals surface area contributed by atoms with Crippen LogP contribution in [0.2, 0.25) is 0 Å². The van der Waals surface area contributed by atoms with Gasteiger partial charge in [-0.1, -0.05) is 36.4 Å². The maximum atomic E-state index is 12.3. The van der Waals surface area contributed by atoms with E-state index in [1.807, 2.05) is 48.5 Å². The van der Waals surface area contributed by atoms with Crippen LogP contribution in [0.4, 0.5) is 5.95 Å². The van der Waals surface area contributed by atoms with Gasteiger partial charge in [-0.15, -0.1) is 0 Å². The second-order valence-corrected chi connectivity index (χ2v) is 7.05. The number of hydrogen-bond acceptors (Lipinski definition) is 5. The van der Waals surface area contributed by atoms with Crippen LogP contribution in [0.3, 0.4) is 0 Å². The number of nitrogens with zero attached hydrogens (tertiary/aromatic N) is 1. The molecule has 0 spiro atoms. The van der Waals surface area contributed by atoms with Gasteiger partial charge in [-0.2, -0.15) is 0 Å². The quantitative estimate of drug-likeness (QED) is 0.391. The van der Waals surface area contributed by atoms with Crippen molar-refractivity contribution in [3.05, 3.63) is 59.7 Å². The van der Waals surface area contributed by atoms with Gasteiger partial charge in [0.15, 0.2) is 5.95 Å². The molecule has 2 amide bonds. The summed E-state index contributed by atoms with van der Waals surface area (Å²) < 4.78 is 0. The van der Waals surface area contributed by atoms with Crippen molar-refractivity contribution in [3.8, 4) is 0 Å². The van der Waals surface area contributed by atoms with Crippen LogP contribution >= 0.6 is 0 Å². The van der Waals surface area contributed by atoms with Gasteiger partial charge in [0, 0.05) is 6.54 Å². The number of nitrogens with two attached hydrogens (primary N) is 2. The van der Waals surface area contributed by atoms with Crippen LogP contribution in [-0.2, 0) is 22.6 Å². The van der Waals surface area contributed by atoms with E-state index < -0.39 is 12.1 Å². The molecule has 1 aromatic heterocycles. The Balaban J connectivity index is 1.45. The molecule has 0 saturated carbocycles. The number of aromatic amines is 1. The Labute approximate surface area is 169 Å². The SMILES string of the molecule is CC(NC(=O)C(N)CCc1ccccc1)C(=O)NCc1ccc2nc(N)[nH]c2c1. The van der Waals surface area contributed by atoms with Crippen molar-refractivity contribution in [1.29, 1.82) is 0 Å². The Morgan fingerprint density at radius 1 is 1.10 bits per heavy atom. The maximum absolute atomic E-state index is 12.3.